The lowest BCUT2D eigenvalue weighted by atomic mass is 10.3. The number of hydrogen-bond donors (Lipinski definition) is 2. The van der Waals surface area contributed by atoms with Gasteiger partial charge in [0.25, 0.3) is 5.91 Å². The third-order valence-electron chi connectivity index (χ3n) is 1.83. The van der Waals surface area contributed by atoms with Crippen LogP contribution in [0.25, 0.3) is 0 Å². The van der Waals surface area contributed by atoms with Gasteiger partial charge in [0, 0.05) is 6.20 Å². The van der Waals surface area contributed by atoms with Crippen LogP contribution in [0.4, 0.5) is 0 Å². The lowest BCUT2D eigenvalue weighted by Crippen LogP contribution is -2.22. The number of nitrogens with zero attached hydrogens (tertiary/aromatic N) is 2. The van der Waals surface area contributed by atoms with E-state index < -0.39 is 0 Å². The van der Waals surface area contributed by atoms with E-state index in [4.69, 9.17) is 4.42 Å². The predicted molar refractivity (Wildman–Crippen MR) is 51.0 cm³/mol. The first kappa shape index (κ1) is 9.45. The smallest absolute Gasteiger partial charge is 0.254 e. The fraction of sp³-hybridized carbons (Fsp3) is 0.222. The summed E-state index contributed by atoms with van der Waals surface area (Å²) in [7, 11) is 0. The molecule has 2 aromatic rings. The molecule has 0 fully saturated rings. The summed E-state index contributed by atoms with van der Waals surface area (Å²) < 4.78 is 5.20. The lowest BCUT2D eigenvalue weighted by molar-refractivity contribution is 0.0947. The fourth-order valence-electron chi connectivity index (χ4n) is 1.12. The number of carbonyl (C=O) groups excluding carboxylic acids is 1. The molecule has 2 N–H and O–H groups in total. The van der Waals surface area contributed by atoms with Crippen molar-refractivity contribution in [3.05, 3.63) is 35.8 Å². The van der Waals surface area contributed by atoms with E-state index >= 15 is 0 Å². The van der Waals surface area contributed by atoms with Crippen LogP contribution in [0.2, 0.25) is 0 Å². The Morgan fingerprint density at radius 1 is 1.60 bits per heavy atom. The molecule has 0 atom stereocenters. The van der Waals surface area contributed by atoms with Gasteiger partial charge in [0.1, 0.15) is 5.76 Å². The van der Waals surface area contributed by atoms with Crippen molar-refractivity contribution >= 4 is 5.91 Å². The monoisotopic (exact) mass is 206 g/mol. The van der Waals surface area contributed by atoms with Crippen LogP contribution >= 0.6 is 0 Å². The minimum absolute atomic E-state index is 0.209. The Morgan fingerprint density at radius 3 is 3.07 bits per heavy atom. The molecule has 0 saturated carbocycles. The molecule has 0 aliphatic carbocycles. The topological polar surface area (TPSA) is 83.8 Å². The average molecular weight is 206 g/mol. The molecule has 0 bridgehead atoms. The molecule has 6 heteroatoms. The largest absolute Gasteiger partial charge is 0.444 e. The zero-order chi connectivity index (χ0) is 10.7. The molecule has 2 heterocycles. The van der Waals surface area contributed by atoms with E-state index in [1.807, 2.05) is 0 Å². The SMILES string of the molecule is Cc1cnc(CNC(=O)c2cn[nH]c2)o1. The molecule has 0 unspecified atom stereocenters. The standard InChI is InChI=1S/C9H10N4O2/c1-6-2-10-8(15-6)5-11-9(14)7-3-12-13-4-7/h2-4H,5H2,1H3,(H,11,14)(H,12,13). The molecule has 78 valence electrons. The maximum Gasteiger partial charge on any atom is 0.254 e. The first-order valence-electron chi connectivity index (χ1n) is 4.44. The molecule has 0 aliphatic heterocycles. The number of nitrogens with one attached hydrogen (secondary N) is 2. The Morgan fingerprint density at radius 2 is 2.47 bits per heavy atom. The van der Waals surface area contributed by atoms with Crippen molar-refractivity contribution in [2.24, 2.45) is 0 Å². The van der Waals surface area contributed by atoms with Crippen LogP contribution in [-0.2, 0) is 6.54 Å². The first-order valence-corrected chi connectivity index (χ1v) is 4.44. The van der Waals surface area contributed by atoms with Crippen molar-refractivity contribution in [1.82, 2.24) is 20.5 Å². The van der Waals surface area contributed by atoms with Gasteiger partial charge < -0.3 is 9.73 Å². The third-order valence-corrected chi connectivity index (χ3v) is 1.83. The molecular weight excluding hydrogens is 196 g/mol. The van der Waals surface area contributed by atoms with Crippen LogP contribution in [0.1, 0.15) is 22.0 Å². The quantitative estimate of drug-likeness (QED) is 0.771. The molecule has 2 rings (SSSR count). The number of H-pyrrole nitrogens is 1. The van der Waals surface area contributed by atoms with Crippen molar-refractivity contribution < 1.29 is 9.21 Å². The van der Waals surface area contributed by atoms with E-state index in [-0.39, 0.29) is 12.5 Å². The highest BCUT2D eigenvalue weighted by Crippen LogP contribution is 2.01. The molecule has 2 aromatic heterocycles. The maximum absolute atomic E-state index is 11.4. The van der Waals surface area contributed by atoms with Gasteiger partial charge in [-0.2, -0.15) is 5.10 Å². The van der Waals surface area contributed by atoms with Gasteiger partial charge in [-0.3, -0.25) is 9.89 Å². The fourth-order valence-corrected chi connectivity index (χ4v) is 1.12. The van der Waals surface area contributed by atoms with Gasteiger partial charge in [-0.25, -0.2) is 4.98 Å². The van der Waals surface area contributed by atoms with Gasteiger partial charge in [0.2, 0.25) is 5.89 Å². The molecule has 1 amide bonds. The summed E-state index contributed by atoms with van der Waals surface area (Å²) in [6, 6.07) is 0. The Bertz CT molecular complexity index is 446. The van der Waals surface area contributed by atoms with Gasteiger partial charge >= 0.3 is 0 Å². The van der Waals surface area contributed by atoms with Gasteiger partial charge in [-0.15, -0.1) is 0 Å². The average Bonchev–Trinajstić information content (AvgIpc) is 2.84. The van der Waals surface area contributed by atoms with Crippen molar-refractivity contribution in [1.29, 1.82) is 0 Å². The van der Waals surface area contributed by atoms with Crippen molar-refractivity contribution in [2.45, 2.75) is 13.5 Å². The van der Waals surface area contributed by atoms with Crippen LogP contribution in [0.5, 0.6) is 0 Å². The van der Waals surface area contributed by atoms with Crippen LogP contribution in [0.3, 0.4) is 0 Å². The number of aryl methyl sites for hydroxylation is 1. The minimum Gasteiger partial charge on any atom is -0.444 e. The summed E-state index contributed by atoms with van der Waals surface area (Å²) in [6.45, 7) is 2.08. The number of aromatic nitrogens is 3. The summed E-state index contributed by atoms with van der Waals surface area (Å²) in [6.07, 6.45) is 4.59. The summed E-state index contributed by atoms with van der Waals surface area (Å²) in [5, 5.41) is 8.90. The second kappa shape index (κ2) is 3.95. The molecular formula is C9H10N4O2. The van der Waals surface area contributed by atoms with Gasteiger partial charge in [0.05, 0.1) is 24.5 Å². The van der Waals surface area contributed by atoms with Gasteiger partial charge in [-0.1, -0.05) is 0 Å². The highest BCUT2D eigenvalue weighted by atomic mass is 16.4. The van der Waals surface area contributed by atoms with E-state index in [1.165, 1.54) is 12.4 Å². The predicted octanol–water partition coefficient (Wildman–Crippen LogP) is 0.636. The molecule has 0 radical (unpaired) electrons. The molecule has 15 heavy (non-hydrogen) atoms. The number of amides is 1. The second-order valence-corrected chi connectivity index (χ2v) is 3.03. The van der Waals surface area contributed by atoms with Crippen LogP contribution in [-0.4, -0.2) is 21.1 Å². The summed E-state index contributed by atoms with van der Waals surface area (Å²) in [5.41, 5.74) is 0.485. The summed E-state index contributed by atoms with van der Waals surface area (Å²) in [5.74, 6) is 1.01. The van der Waals surface area contributed by atoms with E-state index in [0.29, 0.717) is 11.5 Å². The van der Waals surface area contributed by atoms with Crippen LogP contribution < -0.4 is 5.32 Å². The zero-order valence-electron chi connectivity index (χ0n) is 8.15. The summed E-state index contributed by atoms with van der Waals surface area (Å²) in [4.78, 5) is 15.4. The van der Waals surface area contributed by atoms with Crippen LogP contribution in [0.15, 0.2) is 23.0 Å². The highest BCUT2D eigenvalue weighted by Gasteiger charge is 2.07. The minimum atomic E-state index is -0.209. The maximum atomic E-state index is 11.4. The first-order chi connectivity index (χ1) is 7.25. The van der Waals surface area contributed by atoms with E-state index in [9.17, 15) is 4.79 Å². The number of hydrogen-bond acceptors (Lipinski definition) is 4. The van der Waals surface area contributed by atoms with Crippen molar-refractivity contribution in [3.8, 4) is 0 Å². The molecule has 6 nitrogen and oxygen atoms in total. The van der Waals surface area contributed by atoms with Gasteiger partial charge in [0.15, 0.2) is 0 Å². The van der Waals surface area contributed by atoms with Gasteiger partial charge in [-0.05, 0) is 6.92 Å². The Balaban J connectivity index is 1.91. The lowest BCUT2D eigenvalue weighted by Gasteiger charge is -1.98. The Kier molecular flexibility index (Phi) is 2.49. The van der Waals surface area contributed by atoms with E-state index in [2.05, 4.69) is 20.5 Å². The highest BCUT2D eigenvalue weighted by molar-refractivity contribution is 5.93. The second-order valence-electron chi connectivity index (χ2n) is 3.03. The Labute approximate surface area is 85.7 Å². The Hall–Kier alpha value is -2.11. The van der Waals surface area contributed by atoms with Crippen LogP contribution in [0, 0.1) is 6.92 Å². The molecule has 0 aromatic carbocycles. The van der Waals surface area contributed by atoms with E-state index in [1.54, 1.807) is 13.1 Å². The summed E-state index contributed by atoms with van der Waals surface area (Å²) >= 11 is 0. The molecule has 0 spiro atoms. The number of oxazole rings is 1. The molecule has 0 saturated heterocycles. The normalized spacial score (nSPS) is 10.2. The zero-order valence-corrected chi connectivity index (χ0v) is 8.15. The van der Waals surface area contributed by atoms with Crippen molar-refractivity contribution in [2.75, 3.05) is 0 Å². The molecule has 0 aliphatic rings. The number of carbonyl (C=O) groups is 1. The van der Waals surface area contributed by atoms with Crippen molar-refractivity contribution in [3.63, 3.8) is 0 Å². The number of rotatable bonds is 3. The number of aromatic amines is 1. The third kappa shape index (κ3) is 2.22. The van der Waals surface area contributed by atoms with E-state index in [0.717, 1.165) is 5.76 Å².